The molecule has 0 N–H and O–H groups in total. The third-order valence-electron chi connectivity index (χ3n) is 38.2. The SMILES string of the molecule is FC12C3=C4C5(F)C1(F)C1(F)C6=C7C8(F)C9(F)C%10(F)C%11=C%12C%13(F)C%14(F)C%15(F)C%16=C%17C%18(F)C%15(F)C%15(F)C%19=C%20C(F)(C%15(F)C%11%14F)C%10(F)C8(F)C8(F)C%20(F)C%10(F)C%11(F)C%19(F)C%18(F)C%14(F)C%11(F)C%11=C(C2(F)C2(F)C%11(F)C%10(F)C8(F)C7(F)C12F)C1(F)C3(F)C(F)(C%17(F)C1%14F)C1(F)C%16(F)C%13(F)C(F)(C41F)C1(F)C%12(F)C9(F)C6(F)C51F. The minimum absolute atomic E-state index is 6.69. The molecule has 32 rings (SSSR count). The summed E-state index contributed by atoms with van der Waals surface area (Å²) in [5.41, 5.74) is -578. The minimum atomic E-state index is -10.7. The van der Waals surface area contributed by atoms with Crippen LogP contribution in [-0.2, 0) is 0 Å². The maximum absolute atomic E-state index is 21.7. The average molecular weight is 1630 g/mol. The monoisotopic (exact) mass is 1630 g/mol. The maximum atomic E-state index is 21.7. The maximum Gasteiger partial charge on any atom is 0.234 e. The highest BCUT2D eigenvalue weighted by atomic mass is 19.3. The summed E-state index contributed by atoms with van der Waals surface area (Å²) in [7, 11) is 0. The molecular formula is C60F48. The van der Waals surface area contributed by atoms with E-state index in [1.54, 1.807) is 0 Å². The van der Waals surface area contributed by atoms with E-state index in [9.17, 15) is 0 Å². The van der Waals surface area contributed by atoms with Crippen LogP contribution in [0.3, 0.4) is 0 Å². The lowest BCUT2D eigenvalue weighted by Crippen LogP contribution is -3.08. The first-order valence-electron chi connectivity index (χ1n) is 31.6. The normalized spacial score (nSPS) is 90.7. The van der Waals surface area contributed by atoms with Crippen LogP contribution >= 0.6 is 0 Å². The smallest absolute Gasteiger partial charge is 0.232 e. The van der Waals surface area contributed by atoms with Gasteiger partial charge in [0.1, 0.15) is 0 Å². The highest BCUT2D eigenvalue weighted by Crippen LogP contribution is 3.20. The van der Waals surface area contributed by atoms with Crippen LogP contribution in [0.2, 0.25) is 0 Å². The molecule has 20 saturated carbocycles. The molecule has 0 amide bonds. The molecule has 48 unspecified atom stereocenters. The summed E-state index contributed by atoms with van der Waals surface area (Å²) in [5, 5.41) is 0. The number of rotatable bonds is 0. The fraction of sp³-hybridized carbons (Fsp3) is 0.800. The lowest BCUT2D eigenvalue weighted by atomic mass is 9.29. The molecule has 576 valence electrons. The van der Waals surface area contributed by atoms with Crippen molar-refractivity contribution < 1.29 is 211 Å². The van der Waals surface area contributed by atoms with Gasteiger partial charge in [0, 0.05) is 66.9 Å². The van der Waals surface area contributed by atoms with Crippen molar-refractivity contribution in [3.8, 4) is 0 Å². The van der Waals surface area contributed by atoms with Crippen molar-refractivity contribution in [1.82, 2.24) is 0 Å². The standard InChI is InChI=1S/C60F48/c61-13-1-3-21(69)37(13,85)20(68)9-12-33(81)46(94)27(75)6-10-23(71)39(87)17(65)5-8-22(70)38(17,86)19(67)7-11-24(72,40(19,88)18(6,39)66)51(27,99)56(33,104)60(108)36(11,84)57(105)52(100)29(7,77)48(22,96)53(101)35(52,83)4-2(14(13,62)42(90)30(4,78)58(57,106)59(60,107)34(12,82)44(20,42)92)16(64)15(1,63)41(89,25(8,73)43(16,53)91)45(93)26(5,74)50(23,98)54(102,31(3,45)79)55(103)32(10,80)47(46,95)28(9,76)49(21,55)97. The van der Waals surface area contributed by atoms with Crippen LogP contribution in [0.15, 0.2) is 66.9 Å². The van der Waals surface area contributed by atoms with E-state index in [1.165, 1.54) is 0 Å². The van der Waals surface area contributed by atoms with Gasteiger partial charge in [0.15, 0.2) is 0 Å². The van der Waals surface area contributed by atoms with Crippen molar-refractivity contribution in [2.75, 3.05) is 0 Å². The molecule has 0 aromatic carbocycles. The van der Waals surface area contributed by atoms with E-state index in [2.05, 4.69) is 0 Å². The molecule has 0 aromatic rings. The second kappa shape index (κ2) is 10.2. The molecule has 0 nitrogen and oxygen atoms in total. The number of hydrogen-bond acceptors (Lipinski definition) is 0. The molecule has 0 spiro atoms. The quantitative estimate of drug-likeness (QED) is 0.168. The third-order valence-corrected chi connectivity index (χ3v) is 38.2. The summed E-state index contributed by atoms with van der Waals surface area (Å²) in [5.74, 6) is 0. The second-order valence-corrected chi connectivity index (χ2v) is 36.1. The molecule has 20 fully saturated rings. The molecule has 0 aromatic heterocycles. The van der Waals surface area contributed by atoms with E-state index in [0.717, 1.165) is 0 Å². The fourth-order valence-electron chi connectivity index (χ4n) is 38.0. The van der Waals surface area contributed by atoms with E-state index < -0.39 is 339 Å². The Hall–Kier alpha value is -4.92. The zero-order chi connectivity index (χ0) is 78.9. The Morgan fingerprint density at radius 3 is 0.287 bits per heavy atom. The number of hydrogen-bond donors (Lipinski definition) is 0. The topological polar surface area (TPSA) is 0 Å². The zero-order valence-electron chi connectivity index (χ0n) is 48.1. The van der Waals surface area contributed by atoms with Gasteiger partial charge in [0.05, 0.1) is 0 Å². The summed E-state index contributed by atoms with van der Waals surface area (Å²) in [6.45, 7) is 0. The van der Waals surface area contributed by atoms with E-state index in [4.69, 9.17) is 0 Å². The molecule has 48 atom stereocenters. The van der Waals surface area contributed by atoms with Gasteiger partial charge in [-0.05, 0) is 0 Å². The van der Waals surface area contributed by atoms with Crippen molar-refractivity contribution >= 4 is 0 Å². The second-order valence-electron chi connectivity index (χ2n) is 36.1. The summed E-state index contributed by atoms with van der Waals surface area (Å²) in [6.07, 6.45) is 0. The van der Waals surface area contributed by atoms with Gasteiger partial charge in [-0.3, -0.25) is 0 Å². The van der Waals surface area contributed by atoms with Gasteiger partial charge in [-0.1, -0.05) is 0 Å². The lowest BCUT2D eigenvalue weighted by Gasteiger charge is -2.78. The molecule has 32 aliphatic carbocycles. The van der Waals surface area contributed by atoms with Gasteiger partial charge in [-0.2, -0.15) is 0 Å². The van der Waals surface area contributed by atoms with Gasteiger partial charge < -0.3 is 0 Å². The zero-order valence-corrected chi connectivity index (χ0v) is 48.1. The van der Waals surface area contributed by atoms with Crippen LogP contribution < -0.4 is 0 Å². The molecule has 48 heteroatoms. The van der Waals surface area contributed by atoms with Crippen molar-refractivity contribution in [2.45, 2.75) is 272 Å². The predicted octanol–water partition coefficient (Wildman–Crippen LogP) is 12.2. The summed E-state index contributed by atoms with van der Waals surface area (Å²) in [6, 6.07) is 0. The fourth-order valence-corrected chi connectivity index (χ4v) is 38.0. The highest BCUT2D eigenvalue weighted by Gasteiger charge is 3.47. The molecule has 0 radical (unpaired) electrons. The average Bonchev–Trinajstić information content (AvgIpc) is 1.30. The highest BCUT2D eigenvalue weighted by molar-refractivity contribution is 6.07. The molecule has 0 aliphatic heterocycles. The molecule has 108 heavy (non-hydrogen) atoms. The first-order valence-corrected chi connectivity index (χ1v) is 31.6. The van der Waals surface area contributed by atoms with Crippen molar-refractivity contribution in [3.63, 3.8) is 0 Å². The van der Waals surface area contributed by atoms with Crippen molar-refractivity contribution in [1.29, 1.82) is 0 Å². The van der Waals surface area contributed by atoms with E-state index in [-0.39, 0.29) is 0 Å². The molecule has 32 aliphatic rings. The Morgan fingerprint density at radius 1 is 0.0648 bits per heavy atom. The van der Waals surface area contributed by atoms with Gasteiger partial charge in [0.25, 0.3) is 0 Å². The predicted molar refractivity (Wildman–Crippen MR) is 226 cm³/mol. The first kappa shape index (κ1) is 60.6. The Labute approximate surface area is 549 Å². The lowest BCUT2D eigenvalue weighted by molar-refractivity contribution is -0.466. The third kappa shape index (κ3) is 2.05. The van der Waals surface area contributed by atoms with Crippen molar-refractivity contribution in [2.24, 2.45) is 0 Å². The van der Waals surface area contributed by atoms with Gasteiger partial charge >= 0.3 is 0 Å². The molecule has 0 saturated heterocycles. The molecule has 0 bridgehead atoms. The molecular weight excluding hydrogens is 1630 g/mol. The van der Waals surface area contributed by atoms with E-state index in [1.807, 2.05) is 0 Å². The van der Waals surface area contributed by atoms with Crippen LogP contribution in [0.4, 0.5) is 211 Å². The number of allylic oxidation sites excluding steroid dienone is 12. The Kier molecular flexibility index (Phi) is 5.75. The van der Waals surface area contributed by atoms with Crippen LogP contribution in [0.5, 0.6) is 0 Å². The number of halogens is 48. The Bertz CT molecular complexity index is 6050. The van der Waals surface area contributed by atoms with Crippen LogP contribution in [0.25, 0.3) is 0 Å². The van der Waals surface area contributed by atoms with Crippen LogP contribution in [0.1, 0.15) is 0 Å². The minimum Gasteiger partial charge on any atom is -0.232 e. The summed E-state index contributed by atoms with van der Waals surface area (Å²) >= 11 is 0. The Morgan fingerprint density at radius 2 is 0.120 bits per heavy atom. The van der Waals surface area contributed by atoms with E-state index >= 15 is 211 Å². The number of alkyl halides is 48. The molecule has 0 heterocycles. The van der Waals surface area contributed by atoms with Gasteiger partial charge in [-0.15, -0.1) is 0 Å². The largest absolute Gasteiger partial charge is 0.234 e. The van der Waals surface area contributed by atoms with Crippen LogP contribution in [-0.4, -0.2) is 272 Å². The van der Waals surface area contributed by atoms with Gasteiger partial charge in [-0.25, -0.2) is 211 Å². The van der Waals surface area contributed by atoms with E-state index in [0.29, 0.717) is 0 Å². The summed E-state index contributed by atoms with van der Waals surface area (Å²) < 4.78 is 1040. The van der Waals surface area contributed by atoms with Gasteiger partial charge in [0.2, 0.25) is 272 Å². The van der Waals surface area contributed by atoms with Crippen LogP contribution in [0, 0.1) is 0 Å². The first-order chi connectivity index (χ1) is 47.9. The summed E-state index contributed by atoms with van der Waals surface area (Å²) in [4.78, 5) is 0. The Balaban J connectivity index is 1.09. The van der Waals surface area contributed by atoms with Crippen molar-refractivity contribution in [3.05, 3.63) is 66.9 Å².